The Morgan fingerprint density at radius 1 is 1.18 bits per heavy atom. The fraction of sp³-hybridized carbons (Fsp3) is 0.350. The van der Waals surface area contributed by atoms with E-state index in [1.54, 1.807) is 12.5 Å². The van der Waals surface area contributed by atoms with E-state index >= 15 is 0 Å². The fourth-order valence-electron chi connectivity index (χ4n) is 4.20. The van der Waals surface area contributed by atoms with Gasteiger partial charge in [-0.25, -0.2) is 9.97 Å². The van der Waals surface area contributed by atoms with Crippen molar-refractivity contribution in [3.8, 4) is 0 Å². The van der Waals surface area contributed by atoms with Gasteiger partial charge in [0.2, 0.25) is 0 Å². The quantitative estimate of drug-likeness (QED) is 0.681. The van der Waals surface area contributed by atoms with Gasteiger partial charge in [0.15, 0.2) is 5.65 Å². The zero-order chi connectivity index (χ0) is 17.5. The summed E-state index contributed by atoms with van der Waals surface area (Å²) in [5, 5.41) is 6.71. The largest absolute Gasteiger partial charge is 0.348 e. The van der Waals surface area contributed by atoms with Crippen LogP contribution in [0.4, 0.5) is 0 Å². The first kappa shape index (κ1) is 20.6. The number of nitrogens with one attached hydrogen (secondary N) is 2. The van der Waals surface area contributed by atoms with Gasteiger partial charge in [0, 0.05) is 24.3 Å². The molecular formula is C20H23Cl2N5O. The molecule has 1 amide bonds. The second-order valence-electron chi connectivity index (χ2n) is 7.29. The molecule has 0 aliphatic carbocycles. The van der Waals surface area contributed by atoms with Gasteiger partial charge >= 0.3 is 0 Å². The SMILES string of the molecule is Cl.Cl.O=C(N[C@H]1C[C@H]2CC[C@@H]1N2)c1cnc2c(c1)ncn2Cc1ccccc1. The minimum atomic E-state index is -0.0589. The highest BCUT2D eigenvalue weighted by molar-refractivity contribution is 5.96. The molecule has 3 aromatic rings. The first-order valence-electron chi connectivity index (χ1n) is 9.18. The smallest absolute Gasteiger partial charge is 0.253 e. The van der Waals surface area contributed by atoms with Crippen molar-refractivity contribution in [2.45, 2.75) is 43.9 Å². The number of amides is 1. The van der Waals surface area contributed by atoms with Crippen LogP contribution in [0.25, 0.3) is 11.2 Å². The van der Waals surface area contributed by atoms with Crippen molar-refractivity contribution in [2.24, 2.45) is 0 Å². The van der Waals surface area contributed by atoms with Gasteiger partial charge in [-0.15, -0.1) is 24.8 Å². The number of rotatable bonds is 4. The third kappa shape index (κ3) is 3.85. The number of halogens is 2. The molecule has 148 valence electrons. The Bertz CT molecular complexity index is 962. The number of pyridine rings is 1. The molecule has 5 rings (SSSR count). The van der Waals surface area contributed by atoms with Crippen LogP contribution in [0.1, 0.15) is 35.2 Å². The fourth-order valence-corrected chi connectivity index (χ4v) is 4.20. The Morgan fingerprint density at radius 3 is 2.71 bits per heavy atom. The molecule has 2 aromatic heterocycles. The Kier molecular flexibility index (Phi) is 6.23. The van der Waals surface area contributed by atoms with Gasteiger partial charge in [-0.1, -0.05) is 30.3 Å². The summed E-state index contributed by atoms with van der Waals surface area (Å²) in [6, 6.07) is 13.3. The Morgan fingerprint density at radius 2 is 2.00 bits per heavy atom. The van der Waals surface area contributed by atoms with Gasteiger partial charge in [-0.3, -0.25) is 4.79 Å². The predicted octanol–water partition coefficient (Wildman–Crippen LogP) is 2.95. The van der Waals surface area contributed by atoms with Gasteiger partial charge in [0.1, 0.15) is 5.52 Å². The van der Waals surface area contributed by atoms with Crippen LogP contribution in [0.3, 0.4) is 0 Å². The number of nitrogens with zero attached hydrogens (tertiary/aromatic N) is 3. The minimum absolute atomic E-state index is 0. The first-order chi connectivity index (χ1) is 12.8. The van der Waals surface area contributed by atoms with Crippen molar-refractivity contribution in [1.29, 1.82) is 0 Å². The summed E-state index contributed by atoms with van der Waals surface area (Å²) in [7, 11) is 0. The van der Waals surface area contributed by atoms with E-state index in [-0.39, 0.29) is 36.8 Å². The summed E-state index contributed by atoms with van der Waals surface area (Å²) in [5.41, 5.74) is 3.32. The molecule has 2 saturated heterocycles. The number of hydrogen-bond donors (Lipinski definition) is 2. The van der Waals surface area contributed by atoms with E-state index in [4.69, 9.17) is 0 Å². The molecule has 0 radical (unpaired) electrons. The molecule has 2 N–H and O–H groups in total. The molecule has 0 spiro atoms. The van der Waals surface area contributed by atoms with Crippen LogP contribution in [0.5, 0.6) is 0 Å². The standard InChI is InChI=1S/C20H21N5O.2ClH/c26-20(24-17-9-15-6-7-16(17)23-15)14-8-18-19(21-10-14)25(12-22-18)11-13-4-2-1-3-5-13;;/h1-5,8,10,12,15-17,23H,6-7,9,11H2,(H,24,26);2*1H/t15-,16+,17+;;/m1../s1. The summed E-state index contributed by atoms with van der Waals surface area (Å²) in [4.78, 5) is 21.5. The number of imidazole rings is 1. The number of carbonyl (C=O) groups excluding carboxylic acids is 1. The third-order valence-electron chi connectivity index (χ3n) is 5.53. The van der Waals surface area contributed by atoms with Crippen LogP contribution in [0, 0.1) is 0 Å². The Hall–Kier alpha value is -2.15. The maximum atomic E-state index is 12.6. The van der Waals surface area contributed by atoms with Crippen molar-refractivity contribution in [3.63, 3.8) is 0 Å². The van der Waals surface area contributed by atoms with Crippen LogP contribution in [0.2, 0.25) is 0 Å². The van der Waals surface area contributed by atoms with E-state index in [9.17, 15) is 4.79 Å². The molecule has 4 heterocycles. The molecule has 2 aliphatic heterocycles. The normalized spacial score (nSPS) is 22.5. The van der Waals surface area contributed by atoms with Crippen LogP contribution >= 0.6 is 24.8 Å². The van der Waals surface area contributed by atoms with Crippen LogP contribution in [-0.2, 0) is 6.54 Å². The molecule has 2 bridgehead atoms. The lowest BCUT2D eigenvalue weighted by Crippen LogP contribution is -2.42. The van der Waals surface area contributed by atoms with E-state index in [0.717, 1.165) is 24.0 Å². The van der Waals surface area contributed by atoms with Gasteiger partial charge < -0.3 is 15.2 Å². The molecule has 2 fully saturated rings. The van der Waals surface area contributed by atoms with Crippen LogP contribution in [0.15, 0.2) is 48.9 Å². The summed E-state index contributed by atoms with van der Waals surface area (Å²) >= 11 is 0. The van der Waals surface area contributed by atoms with Crippen molar-refractivity contribution in [3.05, 3.63) is 60.0 Å². The number of carbonyl (C=O) groups is 1. The molecule has 8 heteroatoms. The van der Waals surface area contributed by atoms with Gasteiger partial charge in [-0.2, -0.15) is 0 Å². The number of benzene rings is 1. The second kappa shape index (κ2) is 8.47. The van der Waals surface area contributed by atoms with Gasteiger partial charge in [-0.05, 0) is 30.9 Å². The first-order valence-corrected chi connectivity index (χ1v) is 9.18. The molecule has 0 unspecified atom stereocenters. The monoisotopic (exact) mass is 419 g/mol. The average molecular weight is 420 g/mol. The lowest BCUT2D eigenvalue weighted by molar-refractivity contribution is 0.0930. The molecule has 1 aromatic carbocycles. The van der Waals surface area contributed by atoms with E-state index in [1.807, 2.05) is 28.8 Å². The molecule has 6 nitrogen and oxygen atoms in total. The van der Waals surface area contributed by atoms with Crippen molar-refractivity contribution < 1.29 is 4.79 Å². The highest BCUT2D eigenvalue weighted by Gasteiger charge is 2.39. The lowest BCUT2D eigenvalue weighted by atomic mass is 9.95. The summed E-state index contributed by atoms with van der Waals surface area (Å²) in [6.07, 6.45) is 6.84. The van der Waals surface area contributed by atoms with Gasteiger partial charge in [0.05, 0.1) is 18.4 Å². The molecule has 3 atom stereocenters. The molecule has 28 heavy (non-hydrogen) atoms. The topological polar surface area (TPSA) is 71.8 Å². The minimum Gasteiger partial charge on any atom is -0.348 e. The Balaban J connectivity index is 0.00000112. The second-order valence-corrected chi connectivity index (χ2v) is 7.29. The van der Waals surface area contributed by atoms with E-state index < -0.39 is 0 Å². The summed E-state index contributed by atoms with van der Waals surface area (Å²) in [6.45, 7) is 0.715. The lowest BCUT2D eigenvalue weighted by Gasteiger charge is -2.21. The zero-order valence-corrected chi connectivity index (χ0v) is 16.9. The highest BCUT2D eigenvalue weighted by atomic mass is 35.5. The zero-order valence-electron chi connectivity index (χ0n) is 15.2. The Labute approximate surface area is 176 Å². The maximum absolute atomic E-state index is 12.6. The number of hydrogen-bond acceptors (Lipinski definition) is 4. The molecular weight excluding hydrogens is 397 g/mol. The van der Waals surface area contributed by atoms with Crippen LogP contribution in [-0.4, -0.2) is 38.6 Å². The van der Waals surface area contributed by atoms with E-state index in [0.29, 0.717) is 24.2 Å². The molecule has 0 saturated carbocycles. The van der Waals surface area contributed by atoms with Crippen molar-refractivity contribution >= 4 is 41.9 Å². The van der Waals surface area contributed by atoms with Crippen LogP contribution < -0.4 is 10.6 Å². The predicted molar refractivity (Wildman–Crippen MR) is 113 cm³/mol. The van der Waals surface area contributed by atoms with Crippen molar-refractivity contribution in [1.82, 2.24) is 25.2 Å². The average Bonchev–Trinajstić information content (AvgIpc) is 3.38. The highest BCUT2D eigenvalue weighted by Crippen LogP contribution is 2.28. The number of fused-ring (bicyclic) bond motifs is 3. The molecule has 2 aliphatic rings. The number of aromatic nitrogens is 3. The van der Waals surface area contributed by atoms with Crippen molar-refractivity contribution in [2.75, 3.05) is 0 Å². The van der Waals surface area contributed by atoms with E-state index in [1.165, 1.54) is 12.0 Å². The van der Waals surface area contributed by atoms with E-state index in [2.05, 4.69) is 32.7 Å². The summed E-state index contributed by atoms with van der Waals surface area (Å²) < 4.78 is 2.01. The third-order valence-corrected chi connectivity index (χ3v) is 5.53. The summed E-state index contributed by atoms with van der Waals surface area (Å²) in [5.74, 6) is -0.0589. The van der Waals surface area contributed by atoms with Gasteiger partial charge in [0.25, 0.3) is 5.91 Å². The maximum Gasteiger partial charge on any atom is 0.253 e.